The van der Waals surface area contributed by atoms with Crippen molar-refractivity contribution in [2.45, 2.75) is 40.0 Å². The summed E-state index contributed by atoms with van der Waals surface area (Å²) in [6.07, 6.45) is 0. The second-order valence-corrected chi connectivity index (χ2v) is 15.0. The Morgan fingerprint density at radius 3 is 1.53 bits per heavy atom. The first kappa shape index (κ1) is 30.9. The zero-order valence-electron chi connectivity index (χ0n) is 28.5. The van der Waals surface area contributed by atoms with Crippen molar-refractivity contribution in [2.75, 3.05) is 0 Å². The van der Waals surface area contributed by atoms with E-state index in [1.54, 1.807) is 11.3 Å². The monoisotopic (exact) mass is 651 g/mol. The Hall–Kier alpha value is -5.45. The summed E-state index contributed by atoms with van der Waals surface area (Å²) >= 11 is 1.79. The first-order valence-corrected chi connectivity index (χ1v) is 17.6. The lowest BCUT2D eigenvalue weighted by Gasteiger charge is -2.19. The standard InChI is InChI=1S/C45H37N3S/c1-28-25-29(2)27-35(26-28)32-15-19-34(20-16-32)43-46-42(33-17-13-30(14-18-33)31-21-23-36(24-22-31)45(3,4)5)47-44(48-43)39-11-8-10-38-37-9-6-7-12-40(37)49-41(38)39/h6-27H,1-5H3. The number of rotatable bonds is 5. The number of hydrogen-bond donors (Lipinski definition) is 0. The van der Waals surface area contributed by atoms with Crippen LogP contribution in [0.3, 0.4) is 0 Å². The van der Waals surface area contributed by atoms with E-state index in [4.69, 9.17) is 15.0 Å². The SMILES string of the molecule is Cc1cc(C)cc(-c2ccc(-c3nc(-c4ccc(-c5ccc(C(C)(C)C)cc5)cc4)nc(-c4cccc5c4sc4ccccc45)n3)cc2)c1. The van der Waals surface area contributed by atoms with Crippen LogP contribution in [0.1, 0.15) is 37.5 Å². The molecule has 8 rings (SSSR count). The zero-order valence-corrected chi connectivity index (χ0v) is 29.3. The van der Waals surface area contributed by atoms with E-state index in [-0.39, 0.29) is 5.41 Å². The van der Waals surface area contributed by atoms with E-state index in [9.17, 15) is 0 Å². The smallest absolute Gasteiger partial charge is 0.165 e. The molecule has 4 heteroatoms. The van der Waals surface area contributed by atoms with Crippen LogP contribution >= 0.6 is 11.3 Å². The van der Waals surface area contributed by atoms with Crippen molar-refractivity contribution in [3.05, 3.63) is 150 Å². The van der Waals surface area contributed by atoms with Gasteiger partial charge in [0.05, 0.1) is 0 Å². The molecule has 0 amide bonds. The van der Waals surface area contributed by atoms with E-state index in [2.05, 4.69) is 168 Å². The summed E-state index contributed by atoms with van der Waals surface area (Å²) in [6.45, 7) is 11.0. The van der Waals surface area contributed by atoms with E-state index < -0.39 is 0 Å². The second kappa shape index (κ2) is 12.2. The minimum atomic E-state index is 0.122. The molecule has 0 saturated carbocycles. The molecule has 0 saturated heterocycles. The highest BCUT2D eigenvalue weighted by Gasteiger charge is 2.17. The molecule has 0 spiro atoms. The molecular weight excluding hydrogens is 615 g/mol. The quantitative estimate of drug-likeness (QED) is 0.186. The molecule has 0 bridgehead atoms. The molecule has 0 radical (unpaired) electrons. The van der Waals surface area contributed by atoms with Crippen molar-refractivity contribution in [3.63, 3.8) is 0 Å². The van der Waals surface area contributed by atoms with Gasteiger partial charge in [-0.15, -0.1) is 11.3 Å². The normalized spacial score (nSPS) is 11.8. The van der Waals surface area contributed by atoms with E-state index in [1.165, 1.54) is 53.6 Å². The fourth-order valence-electron chi connectivity index (χ4n) is 6.61. The Kier molecular flexibility index (Phi) is 7.69. The molecule has 0 fully saturated rings. The van der Waals surface area contributed by atoms with Crippen LogP contribution in [0.4, 0.5) is 0 Å². The molecule has 3 nitrogen and oxygen atoms in total. The average molecular weight is 652 g/mol. The van der Waals surface area contributed by atoms with Crippen molar-refractivity contribution in [2.24, 2.45) is 0 Å². The minimum Gasteiger partial charge on any atom is -0.208 e. The van der Waals surface area contributed by atoms with Crippen molar-refractivity contribution in [1.82, 2.24) is 15.0 Å². The van der Waals surface area contributed by atoms with Gasteiger partial charge in [0.2, 0.25) is 0 Å². The molecule has 2 heterocycles. The molecule has 0 aliphatic rings. The number of nitrogens with zero attached hydrogens (tertiary/aromatic N) is 3. The molecule has 49 heavy (non-hydrogen) atoms. The van der Waals surface area contributed by atoms with Crippen LogP contribution in [0.25, 0.3) is 76.6 Å². The number of aryl methyl sites for hydroxylation is 2. The van der Waals surface area contributed by atoms with Gasteiger partial charge < -0.3 is 0 Å². The number of thiophene rings is 1. The lowest BCUT2D eigenvalue weighted by atomic mass is 9.86. The molecular formula is C45H37N3S. The van der Waals surface area contributed by atoms with E-state index in [1.807, 2.05) is 0 Å². The predicted molar refractivity (Wildman–Crippen MR) is 208 cm³/mol. The summed E-state index contributed by atoms with van der Waals surface area (Å²) in [6, 6.07) is 47.7. The van der Waals surface area contributed by atoms with E-state index in [0.717, 1.165) is 22.3 Å². The third-order valence-electron chi connectivity index (χ3n) is 9.21. The summed E-state index contributed by atoms with van der Waals surface area (Å²) in [5.74, 6) is 2.00. The van der Waals surface area contributed by atoms with E-state index >= 15 is 0 Å². The first-order chi connectivity index (χ1) is 23.7. The number of hydrogen-bond acceptors (Lipinski definition) is 4. The molecule has 0 unspecified atom stereocenters. The maximum Gasteiger partial charge on any atom is 0.165 e. The average Bonchev–Trinajstić information content (AvgIpc) is 3.50. The van der Waals surface area contributed by atoms with Crippen molar-refractivity contribution < 1.29 is 0 Å². The van der Waals surface area contributed by atoms with Crippen LogP contribution in [0.5, 0.6) is 0 Å². The molecule has 0 aliphatic heterocycles. The van der Waals surface area contributed by atoms with Gasteiger partial charge in [0.15, 0.2) is 17.5 Å². The first-order valence-electron chi connectivity index (χ1n) is 16.8. The Morgan fingerprint density at radius 1 is 0.449 bits per heavy atom. The van der Waals surface area contributed by atoms with Crippen LogP contribution in [-0.2, 0) is 5.41 Å². The van der Waals surface area contributed by atoms with Gasteiger partial charge in [-0.1, -0.05) is 153 Å². The predicted octanol–water partition coefficient (Wildman–Crippen LogP) is 12.5. The largest absolute Gasteiger partial charge is 0.208 e. The molecule has 8 aromatic rings. The van der Waals surface area contributed by atoms with E-state index in [0.29, 0.717) is 17.5 Å². The fourth-order valence-corrected chi connectivity index (χ4v) is 7.82. The Morgan fingerprint density at radius 2 is 0.939 bits per heavy atom. The highest BCUT2D eigenvalue weighted by Crippen LogP contribution is 2.40. The van der Waals surface area contributed by atoms with Gasteiger partial charge >= 0.3 is 0 Å². The molecule has 0 aliphatic carbocycles. The molecule has 0 N–H and O–H groups in total. The fraction of sp³-hybridized carbons (Fsp3) is 0.133. The molecule has 0 atom stereocenters. The lowest BCUT2D eigenvalue weighted by molar-refractivity contribution is 0.590. The lowest BCUT2D eigenvalue weighted by Crippen LogP contribution is -2.10. The summed E-state index contributed by atoms with van der Waals surface area (Å²) in [5.41, 5.74) is 11.6. The van der Waals surface area contributed by atoms with Gasteiger partial charge in [0.1, 0.15) is 0 Å². The van der Waals surface area contributed by atoms with Gasteiger partial charge in [0.25, 0.3) is 0 Å². The highest BCUT2D eigenvalue weighted by molar-refractivity contribution is 7.26. The Bertz CT molecular complexity index is 2450. The maximum absolute atomic E-state index is 5.13. The Balaban J connectivity index is 1.23. The third kappa shape index (κ3) is 6.05. The summed E-state index contributed by atoms with van der Waals surface area (Å²) in [4.78, 5) is 15.3. The van der Waals surface area contributed by atoms with Crippen LogP contribution in [-0.4, -0.2) is 15.0 Å². The van der Waals surface area contributed by atoms with Gasteiger partial charge in [-0.3, -0.25) is 0 Å². The van der Waals surface area contributed by atoms with Crippen molar-refractivity contribution in [1.29, 1.82) is 0 Å². The van der Waals surface area contributed by atoms with Crippen LogP contribution in [0.2, 0.25) is 0 Å². The van der Waals surface area contributed by atoms with Gasteiger partial charge in [-0.05, 0) is 59.2 Å². The zero-order chi connectivity index (χ0) is 33.7. The maximum atomic E-state index is 5.13. The topological polar surface area (TPSA) is 38.7 Å². The highest BCUT2D eigenvalue weighted by atomic mass is 32.1. The second-order valence-electron chi connectivity index (χ2n) is 13.9. The van der Waals surface area contributed by atoms with Crippen molar-refractivity contribution in [3.8, 4) is 56.4 Å². The summed E-state index contributed by atoms with van der Waals surface area (Å²) in [5, 5.41) is 2.48. The van der Waals surface area contributed by atoms with Crippen LogP contribution in [0.15, 0.2) is 133 Å². The molecule has 6 aromatic carbocycles. The van der Waals surface area contributed by atoms with Gasteiger partial charge in [0, 0.05) is 36.9 Å². The molecule has 2 aromatic heterocycles. The van der Waals surface area contributed by atoms with Crippen LogP contribution < -0.4 is 0 Å². The number of benzene rings is 6. The number of aromatic nitrogens is 3. The van der Waals surface area contributed by atoms with Crippen LogP contribution in [0, 0.1) is 13.8 Å². The summed E-state index contributed by atoms with van der Waals surface area (Å²) < 4.78 is 2.44. The third-order valence-corrected chi connectivity index (χ3v) is 10.4. The summed E-state index contributed by atoms with van der Waals surface area (Å²) in [7, 11) is 0. The molecule has 238 valence electrons. The Labute approximate surface area is 292 Å². The van der Waals surface area contributed by atoms with Gasteiger partial charge in [-0.25, -0.2) is 15.0 Å². The minimum absolute atomic E-state index is 0.122. The van der Waals surface area contributed by atoms with Crippen molar-refractivity contribution >= 4 is 31.5 Å². The number of fused-ring (bicyclic) bond motifs is 3. The van der Waals surface area contributed by atoms with Gasteiger partial charge in [-0.2, -0.15) is 0 Å².